The third-order valence-electron chi connectivity index (χ3n) is 6.09. The highest BCUT2D eigenvalue weighted by Crippen LogP contribution is 2.29. The van der Waals surface area contributed by atoms with Crippen LogP contribution in [-0.2, 0) is 4.74 Å². The van der Waals surface area contributed by atoms with Gasteiger partial charge in [-0.15, -0.1) is 0 Å². The fraction of sp³-hybridized carbons (Fsp3) is 0.250. The Morgan fingerprint density at radius 1 is 1.25 bits per heavy atom. The number of carbonyl (C=O) groups excluding carboxylic acids is 1. The lowest BCUT2D eigenvalue weighted by Gasteiger charge is -2.35. The highest BCUT2D eigenvalue weighted by Gasteiger charge is 2.34. The molecular weight excluding hydrogens is 464 g/mol. The zero-order chi connectivity index (χ0) is 25.2. The van der Waals surface area contributed by atoms with Gasteiger partial charge in [0.15, 0.2) is 11.3 Å². The molecule has 4 aromatic rings. The lowest BCUT2D eigenvalue weighted by molar-refractivity contribution is 0.00678. The minimum Gasteiger partial charge on any atom is -0.386 e. The first-order valence-electron chi connectivity index (χ1n) is 11.2. The maximum absolute atomic E-state index is 13.2. The van der Waals surface area contributed by atoms with Crippen LogP contribution in [0, 0.1) is 11.3 Å². The Balaban J connectivity index is 1.50. The molecule has 1 amide bonds. The zero-order valence-electron chi connectivity index (χ0n) is 19.5. The second kappa shape index (κ2) is 9.47. The van der Waals surface area contributed by atoms with E-state index in [1.54, 1.807) is 44.5 Å². The summed E-state index contributed by atoms with van der Waals surface area (Å²) in [5, 5.41) is 22.3. The highest BCUT2D eigenvalue weighted by atomic mass is 16.5. The van der Waals surface area contributed by atoms with Gasteiger partial charge in [-0.1, -0.05) is 5.16 Å². The molecule has 1 saturated carbocycles. The molecule has 1 fully saturated rings. The maximum atomic E-state index is 13.2. The van der Waals surface area contributed by atoms with Gasteiger partial charge in [-0.25, -0.2) is 9.97 Å². The molecule has 2 atom stereocenters. The number of nitrogens with zero attached hydrogens (tertiary/aromatic N) is 5. The highest BCUT2D eigenvalue weighted by molar-refractivity contribution is 6.05. The molecule has 0 radical (unpaired) electrons. The molecule has 0 spiro atoms. The SMILES string of the molecule is CNc1cc(Nc2cccn(-c3ncccc3C#N)c2=O)nc2c(C(=O)N[C@@H]3CC[C@H]3OC)onc12. The van der Waals surface area contributed by atoms with Gasteiger partial charge in [-0.2, -0.15) is 5.26 Å². The summed E-state index contributed by atoms with van der Waals surface area (Å²) < 4.78 is 12.0. The number of anilines is 3. The van der Waals surface area contributed by atoms with E-state index in [0.29, 0.717) is 17.0 Å². The first-order chi connectivity index (χ1) is 17.5. The van der Waals surface area contributed by atoms with Gasteiger partial charge in [0, 0.05) is 32.6 Å². The van der Waals surface area contributed by atoms with E-state index in [4.69, 9.17) is 9.26 Å². The molecule has 36 heavy (non-hydrogen) atoms. The maximum Gasteiger partial charge on any atom is 0.292 e. The fourth-order valence-electron chi connectivity index (χ4n) is 4.05. The van der Waals surface area contributed by atoms with E-state index >= 15 is 0 Å². The smallest absolute Gasteiger partial charge is 0.292 e. The van der Waals surface area contributed by atoms with Gasteiger partial charge in [0.25, 0.3) is 11.5 Å². The van der Waals surface area contributed by atoms with Crippen LogP contribution in [0.3, 0.4) is 0 Å². The number of carbonyl (C=O) groups is 1. The number of fused-ring (bicyclic) bond motifs is 1. The molecule has 5 rings (SSSR count). The molecule has 1 aliphatic carbocycles. The van der Waals surface area contributed by atoms with E-state index in [1.165, 1.54) is 17.0 Å². The van der Waals surface area contributed by atoms with Crippen LogP contribution < -0.4 is 21.5 Å². The van der Waals surface area contributed by atoms with Gasteiger partial charge in [0.05, 0.1) is 23.4 Å². The van der Waals surface area contributed by atoms with Crippen molar-refractivity contribution in [1.29, 1.82) is 5.26 Å². The minimum absolute atomic E-state index is 0.0375. The molecule has 12 nitrogen and oxygen atoms in total. The molecule has 0 aromatic carbocycles. The van der Waals surface area contributed by atoms with Crippen molar-refractivity contribution >= 4 is 34.1 Å². The monoisotopic (exact) mass is 486 g/mol. The summed E-state index contributed by atoms with van der Waals surface area (Å²) >= 11 is 0. The topological polar surface area (TPSA) is 160 Å². The van der Waals surface area contributed by atoms with E-state index in [2.05, 4.69) is 31.1 Å². The summed E-state index contributed by atoms with van der Waals surface area (Å²) in [6, 6.07) is 10.0. The summed E-state index contributed by atoms with van der Waals surface area (Å²) in [5.41, 5.74) is 1.19. The fourth-order valence-corrected chi connectivity index (χ4v) is 4.05. The number of nitriles is 1. The van der Waals surface area contributed by atoms with Crippen LogP contribution >= 0.6 is 0 Å². The van der Waals surface area contributed by atoms with Gasteiger partial charge >= 0.3 is 0 Å². The summed E-state index contributed by atoms with van der Waals surface area (Å²) in [7, 11) is 3.31. The molecule has 0 unspecified atom stereocenters. The van der Waals surface area contributed by atoms with Crippen molar-refractivity contribution in [2.24, 2.45) is 0 Å². The number of pyridine rings is 3. The van der Waals surface area contributed by atoms with Crippen molar-refractivity contribution in [3.63, 3.8) is 0 Å². The summed E-state index contributed by atoms with van der Waals surface area (Å²) in [6.07, 6.45) is 4.68. The predicted molar refractivity (Wildman–Crippen MR) is 130 cm³/mol. The molecule has 0 saturated heterocycles. The van der Waals surface area contributed by atoms with Crippen molar-refractivity contribution in [2.75, 3.05) is 24.8 Å². The molecule has 3 N–H and O–H groups in total. The van der Waals surface area contributed by atoms with E-state index in [9.17, 15) is 14.9 Å². The van der Waals surface area contributed by atoms with Crippen molar-refractivity contribution in [3.05, 3.63) is 64.4 Å². The van der Waals surface area contributed by atoms with Crippen LogP contribution in [0.1, 0.15) is 29.0 Å². The van der Waals surface area contributed by atoms with E-state index < -0.39 is 11.5 Å². The van der Waals surface area contributed by atoms with Crippen molar-refractivity contribution in [1.82, 2.24) is 25.0 Å². The summed E-state index contributed by atoms with van der Waals surface area (Å²) in [4.78, 5) is 34.8. The van der Waals surface area contributed by atoms with Gasteiger partial charge in [-0.3, -0.25) is 14.2 Å². The summed E-state index contributed by atoms with van der Waals surface area (Å²) in [5.74, 6) is 0.0249. The Morgan fingerprint density at radius 2 is 2.11 bits per heavy atom. The molecule has 1 aliphatic rings. The molecular formula is C24H22N8O4. The number of aromatic nitrogens is 4. The molecule has 4 aromatic heterocycles. The minimum atomic E-state index is -0.447. The third kappa shape index (κ3) is 4.01. The first-order valence-corrected chi connectivity index (χ1v) is 11.2. The number of ether oxygens (including phenoxy) is 1. The van der Waals surface area contributed by atoms with Gasteiger partial charge in [0.1, 0.15) is 23.1 Å². The van der Waals surface area contributed by atoms with Crippen LogP contribution in [0.2, 0.25) is 0 Å². The Bertz CT molecular complexity index is 1550. The number of rotatable bonds is 7. The van der Waals surface area contributed by atoms with Crippen molar-refractivity contribution in [3.8, 4) is 11.9 Å². The molecule has 12 heteroatoms. The molecule has 0 aliphatic heterocycles. The second-order valence-corrected chi connectivity index (χ2v) is 8.15. The number of hydrogen-bond acceptors (Lipinski definition) is 10. The number of hydrogen-bond donors (Lipinski definition) is 3. The predicted octanol–water partition coefficient (Wildman–Crippen LogP) is 2.33. The summed E-state index contributed by atoms with van der Waals surface area (Å²) in [6.45, 7) is 0. The van der Waals surface area contributed by atoms with Crippen molar-refractivity contribution < 1.29 is 14.1 Å². The number of amides is 1. The van der Waals surface area contributed by atoms with Gasteiger partial charge in [-0.05, 0) is 37.1 Å². The zero-order valence-corrected chi connectivity index (χ0v) is 19.5. The Labute approximate surface area is 204 Å². The number of methoxy groups -OCH3 is 1. The Hall–Kier alpha value is -4.76. The van der Waals surface area contributed by atoms with Crippen LogP contribution in [-0.4, -0.2) is 51.9 Å². The Morgan fingerprint density at radius 3 is 2.83 bits per heavy atom. The van der Waals surface area contributed by atoms with Crippen LogP contribution in [0.4, 0.5) is 17.2 Å². The lowest BCUT2D eigenvalue weighted by Crippen LogP contribution is -2.51. The normalized spacial score (nSPS) is 16.7. The van der Waals surface area contributed by atoms with Crippen LogP contribution in [0.25, 0.3) is 16.9 Å². The third-order valence-corrected chi connectivity index (χ3v) is 6.09. The Kier molecular flexibility index (Phi) is 6.05. The van der Waals surface area contributed by atoms with Gasteiger partial charge < -0.3 is 25.2 Å². The largest absolute Gasteiger partial charge is 0.386 e. The quantitative estimate of drug-likeness (QED) is 0.354. The van der Waals surface area contributed by atoms with E-state index in [0.717, 1.165) is 12.8 Å². The van der Waals surface area contributed by atoms with Crippen molar-refractivity contribution in [2.45, 2.75) is 25.0 Å². The van der Waals surface area contributed by atoms with E-state index in [1.807, 2.05) is 6.07 Å². The van der Waals surface area contributed by atoms with E-state index in [-0.39, 0.29) is 40.5 Å². The standard InChI is InChI=1S/C24H22N8O4/c1-26-16-11-18(28-15-6-4-10-32(24(15)34)22-13(12-25)5-3-9-27-22)30-20-19(16)31-36-21(20)23(33)29-14-7-8-17(14)35-2/h3-6,9-11,14,17,26H,7-8H2,1-2H3,(H,28,30)(H,29,33)/t14-,17-/m1/s1. The van der Waals surface area contributed by atoms with Gasteiger partial charge in [0.2, 0.25) is 5.76 Å². The molecule has 4 heterocycles. The average Bonchev–Trinajstić information content (AvgIpc) is 3.31. The van der Waals surface area contributed by atoms with Crippen LogP contribution in [0.5, 0.6) is 0 Å². The second-order valence-electron chi connectivity index (χ2n) is 8.15. The molecule has 0 bridgehead atoms. The average molecular weight is 486 g/mol. The number of nitrogens with one attached hydrogen (secondary N) is 3. The first kappa shape index (κ1) is 23.0. The van der Waals surface area contributed by atoms with Crippen LogP contribution in [0.15, 0.2) is 52.0 Å². The lowest BCUT2D eigenvalue weighted by atomic mass is 9.89. The molecule has 182 valence electrons.